The van der Waals surface area contributed by atoms with E-state index in [1.165, 1.54) is 23.1 Å². The van der Waals surface area contributed by atoms with Crippen molar-refractivity contribution in [2.75, 3.05) is 7.05 Å². The van der Waals surface area contributed by atoms with E-state index in [0.29, 0.717) is 12.1 Å². The number of nitrogens with zero attached hydrogens (tertiary/aromatic N) is 3. The number of carbonyl (C=O) groups excluding carboxylic acids is 1. The van der Waals surface area contributed by atoms with E-state index in [4.69, 9.17) is 0 Å². The van der Waals surface area contributed by atoms with Crippen molar-refractivity contribution in [2.45, 2.75) is 20.4 Å². The van der Waals surface area contributed by atoms with E-state index < -0.39 is 0 Å². The van der Waals surface area contributed by atoms with Gasteiger partial charge in [-0.1, -0.05) is 18.2 Å². The molecule has 0 N–H and O–H groups in total. The average Bonchev–Trinajstić information content (AvgIpc) is 3.03. The molecule has 24 heavy (non-hydrogen) atoms. The molecule has 2 heterocycles. The molecule has 0 spiro atoms. The van der Waals surface area contributed by atoms with Gasteiger partial charge in [0.2, 0.25) is 5.91 Å². The first-order valence-electron chi connectivity index (χ1n) is 7.57. The molecule has 0 unspecified atom stereocenters. The summed E-state index contributed by atoms with van der Waals surface area (Å²) in [6, 6.07) is 6.37. The second-order valence-corrected chi connectivity index (χ2v) is 6.90. The number of aromatic nitrogens is 2. The topological polar surface area (TPSA) is 37.6 Å². The highest BCUT2D eigenvalue weighted by molar-refractivity contribution is 7.17. The highest BCUT2D eigenvalue weighted by Crippen LogP contribution is 2.21. The molecule has 0 saturated heterocycles. The number of hydrogen-bond acceptors (Lipinski definition) is 3. The number of carbonyl (C=O) groups is 1. The maximum atomic E-state index is 13.6. The Morgan fingerprint density at radius 1 is 1.38 bits per heavy atom. The Hall–Kier alpha value is -2.47. The Bertz CT molecular complexity index is 926. The van der Waals surface area contributed by atoms with E-state index in [0.717, 1.165) is 16.3 Å². The fourth-order valence-electron chi connectivity index (χ4n) is 2.50. The van der Waals surface area contributed by atoms with E-state index in [-0.39, 0.29) is 11.7 Å². The predicted octanol–water partition coefficient (Wildman–Crippen LogP) is 3.82. The van der Waals surface area contributed by atoms with Crippen molar-refractivity contribution in [1.82, 2.24) is 14.3 Å². The maximum absolute atomic E-state index is 13.6. The van der Waals surface area contributed by atoms with E-state index in [9.17, 15) is 9.18 Å². The number of hydrogen-bond donors (Lipinski definition) is 0. The van der Waals surface area contributed by atoms with Gasteiger partial charge in [-0.15, -0.1) is 11.3 Å². The Kier molecular flexibility index (Phi) is 4.49. The van der Waals surface area contributed by atoms with Crippen LogP contribution >= 0.6 is 11.3 Å². The lowest BCUT2D eigenvalue weighted by Crippen LogP contribution is -2.25. The minimum Gasteiger partial charge on any atom is -0.336 e. The fraction of sp³-hybridized carbons (Fsp3) is 0.222. The minimum absolute atomic E-state index is 0.181. The molecule has 0 aliphatic rings. The monoisotopic (exact) mass is 343 g/mol. The van der Waals surface area contributed by atoms with E-state index in [2.05, 4.69) is 4.98 Å². The molecule has 0 radical (unpaired) electrons. The molecule has 0 aliphatic carbocycles. The number of likely N-dealkylation sites (N-methyl/N-ethyl adjacent to an activating group) is 1. The van der Waals surface area contributed by atoms with E-state index in [1.54, 1.807) is 41.5 Å². The van der Waals surface area contributed by atoms with Crippen LogP contribution in [-0.4, -0.2) is 27.2 Å². The molecular formula is C18H18FN3OS. The first-order chi connectivity index (χ1) is 11.5. The van der Waals surface area contributed by atoms with Crippen molar-refractivity contribution in [3.8, 4) is 0 Å². The Balaban J connectivity index is 1.76. The zero-order valence-electron chi connectivity index (χ0n) is 13.8. The summed E-state index contributed by atoms with van der Waals surface area (Å²) >= 11 is 1.62. The van der Waals surface area contributed by atoms with Crippen LogP contribution in [0.4, 0.5) is 4.39 Å². The summed E-state index contributed by atoms with van der Waals surface area (Å²) < 4.78 is 15.6. The van der Waals surface area contributed by atoms with Crippen LogP contribution in [0.1, 0.15) is 21.8 Å². The van der Waals surface area contributed by atoms with Gasteiger partial charge in [0, 0.05) is 29.8 Å². The van der Waals surface area contributed by atoms with Gasteiger partial charge in [-0.05, 0) is 26.0 Å². The summed E-state index contributed by atoms with van der Waals surface area (Å²) in [5.41, 5.74) is 2.30. The molecule has 124 valence electrons. The molecule has 0 fully saturated rings. The summed E-state index contributed by atoms with van der Waals surface area (Å²) in [6.45, 7) is 4.42. The van der Waals surface area contributed by atoms with Gasteiger partial charge in [-0.2, -0.15) is 0 Å². The lowest BCUT2D eigenvalue weighted by atomic mass is 10.2. The predicted molar refractivity (Wildman–Crippen MR) is 94.5 cm³/mol. The third-order valence-corrected chi connectivity index (χ3v) is 4.71. The average molecular weight is 343 g/mol. The van der Waals surface area contributed by atoms with Crippen LogP contribution in [0.2, 0.25) is 0 Å². The van der Waals surface area contributed by atoms with E-state index in [1.807, 2.05) is 24.4 Å². The number of aryl methyl sites for hydroxylation is 2. The molecule has 4 nitrogen and oxygen atoms in total. The second kappa shape index (κ2) is 6.57. The third-order valence-electron chi connectivity index (χ3n) is 3.81. The van der Waals surface area contributed by atoms with Gasteiger partial charge in [0.1, 0.15) is 5.82 Å². The zero-order valence-corrected chi connectivity index (χ0v) is 14.6. The van der Waals surface area contributed by atoms with E-state index >= 15 is 0 Å². The molecule has 3 aromatic rings. The third kappa shape index (κ3) is 3.23. The minimum atomic E-state index is -0.341. The molecule has 3 rings (SSSR count). The summed E-state index contributed by atoms with van der Waals surface area (Å²) in [7, 11) is 1.73. The largest absolute Gasteiger partial charge is 0.336 e. The molecule has 0 atom stereocenters. The van der Waals surface area contributed by atoms with Gasteiger partial charge in [0.25, 0.3) is 0 Å². The van der Waals surface area contributed by atoms with Crippen LogP contribution in [0.5, 0.6) is 0 Å². The number of amides is 1. The van der Waals surface area contributed by atoms with Crippen molar-refractivity contribution in [2.24, 2.45) is 0 Å². The molecule has 6 heteroatoms. The number of imidazole rings is 1. The van der Waals surface area contributed by atoms with Crippen LogP contribution in [0.15, 0.2) is 36.5 Å². The van der Waals surface area contributed by atoms with Crippen molar-refractivity contribution in [3.63, 3.8) is 0 Å². The highest BCUT2D eigenvalue weighted by Gasteiger charge is 2.15. The van der Waals surface area contributed by atoms with Crippen LogP contribution in [0.3, 0.4) is 0 Å². The molecule has 0 aliphatic heterocycles. The Morgan fingerprint density at radius 3 is 2.88 bits per heavy atom. The van der Waals surface area contributed by atoms with Crippen molar-refractivity contribution in [3.05, 3.63) is 64.2 Å². The molecule has 1 aromatic carbocycles. The number of fused-ring (bicyclic) bond motifs is 1. The van der Waals surface area contributed by atoms with Crippen LogP contribution in [0, 0.1) is 19.7 Å². The van der Waals surface area contributed by atoms with Gasteiger partial charge in [-0.3, -0.25) is 9.20 Å². The number of thiazole rings is 1. The first kappa shape index (κ1) is 16.4. The zero-order chi connectivity index (χ0) is 17.3. The van der Waals surface area contributed by atoms with Crippen LogP contribution in [0.25, 0.3) is 11.0 Å². The Labute approximate surface area is 143 Å². The number of halogens is 1. The van der Waals surface area contributed by atoms with Crippen molar-refractivity contribution in [1.29, 1.82) is 0 Å². The number of rotatable bonds is 4. The summed E-state index contributed by atoms with van der Waals surface area (Å²) in [4.78, 5) is 20.5. The van der Waals surface area contributed by atoms with Gasteiger partial charge < -0.3 is 4.90 Å². The highest BCUT2D eigenvalue weighted by atomic mass is 32.1. The summed E-state index contributed by atoms with van der Waals surface area (Å²) in [6.07, 6.45) is 4.93. The maximum Gasteiger partial charge on any atom is 0.246 e. The van der Waals surface area contributed by atoms with Gasteiger partial charge in [0.15, 0.2) is 4.96 Å². The molecular weight excluding hydrogens is 325 g/mol. The summed E-state index contributed by atoms with van der Waals surface area (Å²) in [5.74, 6) is -0.522. The SMILES string of the molecule is Cc1cn2c(CN(C)C(=O)C=Cc3ccccc3F)c(C)nc2s1. The normalized spacial score (nSPS) is 11.5. The molecule has 1 amide bonds. The van der Waals surface area contributed by atoms with Gasteiger partial charge >= 0.3 is 0 Å². The standard InChI is InChI=1S/C18H18FN3OS/c1-12-10-22-16(13(2)20-18(22)24-12)11-21(3)17(23)9-8-14-6-4-5-7-15(14)19/h4-10H,11H2,1-3H3. The second-order valence-electron chi connectivity index (χ2n) is 5.69. The van der Waals surface area contributed by atoms with Crippen molar-refractivity contribution < 1.29 is 9.18 Å². The van der Waals surface area contributed by atoms with Crippen LogP contribution < -0.4 is 0 Å². The van der Waals surface area contributed by atoms with Gasteiger partial charge in [-0.25, -0.2) is 9.37 Å². The lowest BCUT2D eigenvalue weighted by molar-refractivity contribution is -0.125. The molecule has 0 saturated carbocycles. The first-order valence-corrected chi connectivity index (χ1v) is 8.39. The summed E-state index contributed by atoms with van der Waals surface area (Å²) in [5, 5.41) is 0. The van der Waals surface area contributed by atoms with Gasteiger partial charge in [0.05, 0.1) is 17.9 Å². The van der Waals surface area contributed by atoms with Crippen molar-refractivity contribution >= 4 is 28.3 Å². The molecule has 0 bridgehead atoms. The molecule has 2 aromatic heterocycles. The fourth-order valence-corrected chi connectivity index (χ4v) is 3.39. The smallest absolute Gasteiger partial charge is 0.246 e. The quantitative estimate of drug-likeness (QED) is 0.675. The van der Waals surface area contributed by atoms with Crippen LogP contribution in [-0.2, 0) is 11.3 Å². The number of benzene rings is 1. The Morgan fingerprint density at radius 2 is 2.12 bits per heavy atom. The lowest BCUT2D eigenvalue weighted by Gasteiger charge is -2.15.